The SMILES string of the molecule is COC(=O)C[C@H]1O[C@H](C)O[C@@H]1c1cc(OC)cc(OC)c1. The first kappa shape index (κ1) is 15.6. The van der Waals surface area contributed by atoms with Crippen LogP contribution in [0.4, 0.5) is 0 Å². The van der Waals surface area contributed by atoms with Crippen molar-refractivity contribution in [3.63, 3.8) is 0 Å². The Labute approximate surface area is 123 Å². The van der Waals surface area contributed by atoms with Crippen molar-refractivity contribution < 1.29 is 28.5 Å². The lowest BCUT2D eigenvalue weighted by molar-refractivity contribution is -0.143. The number of methoxy groups -OCH3 is 3. The van der Waals surface area contributed by atoms with Gasteiger partial charge < -0.3 is 23.7 Å². The second kappa shape index (κ2) is 6.78. The highest BCUT2D eigenvalue weighted by Crippen LogP contribution is 2.37. The van der Waals surface area contributed by atoms with Gasteiger partial charge in [0.25, 0.3) is 0 Å². The lowest BCUT2D eigenvalue weighted by Gasteiger charge is -2.17. The molecule has 0 saturated carbocycles. The third-order valence-electron chi connectivity index (χ3n) is 3.34. The van der Waals surface area contributed by atoms with Crippen LogP contribution in [0.2, 0.25) is 0 Å². The molecule has 116 valence electrons. The second-order valence-electron chi connectivity index (χ2n) is 4.73. The Morgan fingerprint density at radius 2 is 1.71 bits per heavy atom. The minimum atomic E-state index is -0.399. The van der Waals surface area contributed by atoms with Crippen molar-refractivity contribution in [3.8, 4) is 11.5 Å². The van der Waals surface area contributed by atoms with Gasteiger partial charge in [-0.25, -0.2) is 0 Å². The molecule has 0 aromatic heterocycles. The topological polar surface area (TPSA) is 63.2 Å². The third kappa shape index (κ3) is 3.65. The van der Waals surface area contributed by atoms with E-state index in [4.69, 9.17) is 23.7 Å². The fraction of sp³-hybridized carbons (Fsp3) is 0.533. The Hall–Kier alpha value is -1.79. The van der Waals surface area contributed by atoms with Crippen LogP contribution in [-0.2, 0) is 19.0 Å². The Kier molecular flexibility index (Phi) is 5.03. The first-order valence-corrected chi connectivity index (χ1v) is 6.68. The van der Waals surface area contributed by atoms with Crippen LogP contribution in [0.25, 0.3) is 0 Å². The van der Waals surface area contributed by atoms with E-state index >= 15 is 0 Å². The standard InChI is InChI=1S/C15H20O6/c1-9-20-13(8-14(16)19-4)15(21-9)10-5-11(17-2)7-12(6-10)18-3/h5-7,9,13,15H,8H2,1-4H3/t9-,13+,15+/m0/s1. The number of hydrogen-bond donors (Lipinski definition) is 0. The van der Waals surface area contributed by atoms with E-state index in [1.54, 1.807) is 27.2 Å². The molecule has 6 heteroatoms. The van der Waals surface area contributed by atoms with Gasteiger partial charge >= 0.3 is 5.97 Å². The zero-order valence-corrected chi connectivity index (χ0v) is 12.6. The molecule has 2 rings (SSSR count). The molecule has 1 saturated heterocycles. The summed E-state index contributed by atoms with van der Waals surface area (Å²) in [6.07, 6.45) is -1.03. The number of rotatable bonds is 5. The largest absolute Gasteiger partial charge is 0.497 e. The van der Waals surface area contributed by atoms with Crippen molar-refractivity contribution in [2.45, 2.75) is 31.8 Å². The summed E-state index contributed by atoms with van der Waals surface area (Å²) in [5.74, 6) is 0.978. The number of hydrogen-bond acceptors (Lipinski definition) is 6. The van der Waals surface area contributed by atoms with Gasteiger partial charge in [-0.2, -0.15) is 0 Å². The number of ether oxygens (including phenoxy) is 5. The maximum atomic E-state index is 11.5. The molecule has 1 aliphatic heterocycles. The monoisotopic (exact) mass is 296 g/mol. The summed E-state index contributed by atoms with van der Waals surface area (Å²) in [7, 11) is 4.52. The summed E-state index contributed by atoms with van der Waals surface area (Å²) in [6.45, 7) is 1.79. The van der Waals surface area contributed by atoms with Crippen molar-refractivity contribution >= 4 is 5.97 Å². The van der Waals surface area contributed by atoms with E-state index in [2.05, 4.69) is 0 Å². The zero-order chi connectivity index (χ0) is 15.4. The number of carbonyl (C=O) groups is 1. The highest BCUT2D eigenvalue weighted by molar-refractivity contribution is 5.70. The maximum Gasteiger partial charge on any atom is 0.308 e. The van der Waals surface area contributed by atoms with E-state index in [1.807, 2.05) is 12.1 Å². The predicted molar refractivity (Wildman–Crippen MR) is 74.3 cm³/mol. The van der Waals surface area contributed by atoms with Crippen molar-refractivity contribution in [3.05, 3.63) is 23.8 Å². The highest BCUT2D eigenvalue weighted by atomic mass is 16.7. The zero-order valence-electron chi connectivity index (χ0n) is 12.6. The molecular formula is C15H20O6. The molecule has 0 aliphatic carbocycles. The van der Waals surface area contributed by atoms with Gasteiger partial charge in [0.05, 0.1) is 27.8 Å². The van der Waals surface area contributed by atoms with Crippen LogP contribution in [0.5, 0.6) is 11.5 Å². The normalized spacial score (nSPS) is 24.7. The molecule has 6 nitrogen and oxygen atoms in total. The molecule has 0 radical (unpaired) electrons. The summed E-state index contributed by atoms with van der Waals surface area (Å²) in [4.78, 5) is 11.5. The quantitative estimate of drug-likeness (QED) is 0.775. The van der Waals surface area contributed by atoms with Gasteiger partial charge in [0.2, 0.25) is 0 Å². The summed E-state index contributed by atoms with van der Waals surface area (Å²) in [5, 5.41) is 0. The maximum absolute atomic E-state index is 11.5. The van der Waals surface area contributed by atoms with Crippen molar-refractivity contribution in [1.29, 1.82) is 0 Å². The van der Waals surface area contributed by atoms with Crippen LogP contribution < -0.4 is 9.47 Å². The number of carbonyl (C=O) groups excluding carboxylic acids is 1. The van der Waals surface area contributed by atoms with Crippen molar-refractivity contribution in [2.75, 3.05) is 21.3 Å². The molecule has 1 fully saturated rings. The van der Waals surface area contributed by atoms with Gasteiger partial charge in [0.15, 0.2) is 6.29 Å². The van der Waals surface area contributed by atoms with E-state index in [0.717, 1.165) is 5.56 Å². The average Bonchev–Trinajstić information content (AvgIpc) is 2.86. The predicted octanol–water partition coefficient (Wildman–Crippen LogP) is 2.07. The minimum Gasteiger partial charge on any atom is -0.497 e. The first-order chi connectivity index (χ1) is 10.1. The summed E-state index contributed by atoms with van der Waals surface area (Å²) in [6, 6.07) is 5.47. The number of esters is 1. The fourth-order valence-corrected chi connectivity index (χ4v) is 2.33. The van der Waals surface area contributed by atoms with Gasteiger partial charge in [-0.3, -0.25) is 4.79 Å². The van der Waals surface area contributed by atoms with Gasteiger partial charge in [0.1, 0.15) is 23.7 Å². The molecule has 1 aromatic carbocycles. The van der Waals surface area contributed by atoms with Gasteiger partial charge in [0, 0.05) is 6.07 Å². The van der Waals surface area contributed by atoms with Gasteiger partial charge in [-0.05, 0) is 24.6 Å². The van der Waals surface area contributed by atoms with Crippen LogP contribution in [-0.4, -0.2) is 39.7 Å². The second-order valence-corrected chi connectivity index (χ2v) is 4.73. The molecule has 1 aliphatic rings. The molecule has 0 unspecified atom stereocenters. The molecule has 1 heterocycles. The first-order valence-electron chi connectivity index (χ1n) is 6.68. The van der Waals surface area contributed by atoms with E-state index in [9.17, 15) is 4.79 Å². The Morgan fingerprint density at radius 3 is 2.24 bits per heavy atom. The Morgan fingerprint density at radius 1 is 1.10 bits per heavy atom. The van der Waals surface area contributed by atoms with E-state index in [1.165, 1.54) is 7.11 Å². The van der Waals surface area contributed by atoms with E-state index in [0.29, 0.717) is 11.5 Å². The fourth-order valence-electron chi connectivity index (χ4n) is 2.33. The molecular weight excluding hydrogens is 276 g/mol. The van der Waals surface area contributed by atoms with Crippen LogP contribution in [0.3, 0.4) is 0 Å². The molecule has 1 aromatic rings. The van der Waals surface area contributed by atoms with E-state index in [-0.39, 0.29) is 24.8 Å². The highest BCUT2D eigenvalue weighted by Gasteiger charge is 2.37. The minimum absolute atomic E-state index is 0.130. The summed E-state index contributed by atoms with van der Waals surface area (Å²) in [5.41, 5.74) is 0.837. The molecule has 3 atom stereocenters. The van der Waals surface area contributed by atoms with Gasteiger partial charge in [-0.1, -0.05) is 0 Å². The molecule has 0 bridgehead atoms. The lowest BCUT2D eigenvalue weighted by Crippen LogP contribution is -2.20. The smallest absolute Gasteiger partial charge is 0.308 e. The molecule has 0 spiro atoms. The lowest BCUT2D eigenvalue weighted by atomic mass is 10.0. The van der Waals surface area contributed by atoms with E-state index < -0.39 is 6.10 Å². The third-order valence-corrected chi connectivity index (χ3v) is 3.34. The molecule has 21 heavy (non-hydrogen) atoms. The Balaban J connectivity index is 2.27. The van der Waals surface area contributed by atoms with Crippen LogP contribution >= 0.6 is 0 Å². The van der Waals surface area contributed by atoms with Crippen molar-refractivity contribution in [1.82, 2.24) is 0 Å². The average molecular weight is 296 g/mol. The van der Waals surface area contributed by atoms with Crippen LogP contribution in [0.15, 0.2) is 18.2 Å². The Bertz CT molecular complexity index is 479. The van der Waals surface area contributed by atoms with Crippen molar-refractivity contribution in [2.24, 2.45) is 0 Å². The number of benzene rings is 1. The summed E-state index contributed by atoms with van der Waals surface area (Å²) >= 11 is 0. The van der Waals surface area contributed by atoms with Crippen LogP contribution in [0.1, 0.15) is 25.0 Å². The summed E-state index contributed by atoms with van der Waals surface area (Å²) < 4.78 is 26.6. The van der Waals surface area contributed by atoms with Gasteiger partial charge in [-0.15, -0.1) is 0 Å². The van der Waals surface area contributed by atoms with Crippen LogP contribution in [0, 0.1) is 0 Å². The molecule has 0 amide bonds. The molecule has 0 N–H and O–H groups in total.